The third-order valence-electron chi connectivity index (χ3n) is 6.00. The highest BCUT2D eigenvalue weighted by molar-refractivity contribution is 5.98. The number of rotatable bonds is 3. The van der Waals surface area contributed by atoms with E-state index in [9.17, 15) is 14.0 Å². The molecule has 0 radical (unpaired) electrons. The van der Waals surface area contributed by atoms with Crippen molar-refractivity contribution >= 4 is 23.2 Å². The van der Waals surface area contributed by atoms with Crippen molar-refractivity contribution in [2.45, 2.75) is 45.1 Å². The highest BCUT2D eigenvalue weighted by atomic mass is 19.1. The van der Waals surface area contributed by atoms with Crippen LogP contribution in [0.4, 0.5) is 15.8 Å². The second-order valence-corrected chi connectivity index (χ2v) is 7.93. The molecule has 1 fully saturated rings. The third-order valence-corrected chi connectivity index (χ3v) is 6.00. The average molecular weight is 380 g/mol. The number of benzene rings is 2. The summed E-state index contributed by atoms with van der Waals surface area (Å²) in [4.78, 5) is 27.6. The van der Waals surface area contributed by atoms with Gasteiger partial charge in [0.1, 0.15) is 5.82 Å². The maximum atomic E-state index is 13.2. The minimum Gasteiger partial charge on any atom is -0.326 e. The Morgan fingerprint density at radius 3 is 2.32 bits per heavy atom. The molecule has 4 rings (SSSR count). The van der Waals surface area contributed by atoms with Crippen LogP contribution in [-0.2, 0) is 16.0 Å². The lowest BCUT2D eigenvalue weighted by atomic mass is 9.80. The first-order valence-electron chi connectivity index (χ1n) is 10.0. The number of nitrogens with zero attached hydrogens (tertiary/aromatic N) is 1. The second kappa shape index (κ2) is 7.74. The molecule has 1 aliphatic carbocycles. The van der Waals surface area contributed by atoms with Crippen LogP contribution in [-0.4, -0.2) is 17.9 Å². The summed E-state index contributed by atoms with van der Waals surface area (Å²) in [7, 11) is 0. The number of halogens is 1. The Hall–Kier alpha value is -2.69. The normalized spacial score (nSPS) is 23.9. The predicted molar refractivity (Wildman–Crippen MR) is 108 cm³/mol. The molecule has 0 saturated heterocycles. The summed E-state index contributed by atoms with van der Waals surface area (Å²) in [5.41, 5.74) is 2.87. The van der Waals surface area contributed by atoms with Crippen LogP contribution in [0.25, 0.3) is 0 Å². The number of para-hydroxylation sites is 1. The van der Waals surface area contributed by atoms with Gasteiger partial charge in [0.25, 0.3) is 0 Å². The van der Waals surface area contributed by atoms with Gasteiger partial charge in [-0.15, -0.1) is 0 Å². The van der Waals surface area contributed by atoms with Gasteiger partial charge in [-0.1, -0.05) is 18.2 Å². The van der Waals surface area contributed by atoms with Gasteiger partial charge in [-0.05, 0) is 74.9 Å². The minimum atomic E-state index is -0.324. The quantitative estimate of drug-likeness (QED) is 0.849. The van der Waals surface area contributed by atoms with Crippen molar-refractivity contribution < 1.29 is 14.0 Å². The topological polar surface area (TPSA) is 49.4 Å². The van der Waals surface area contributed by atoms with Gasteiger partial charge >= 0.3 is 0 Å². The number of hydrogen-bond acceptors (Lipinski definition) is 2. The number of anilines is 2. The molecule has 2 amide bonds. The molecule has 0 aromatic heterocycles. The SMILES string of the molecule is CC1Cc2ccccc2N1C(=O)C1CCC(C(=O)Nc2ccc(F)cc2)CC1. The Morgan fingerprint density at radius 1 is 0.964 bits per heavy atom. The molecule has 146 valence electrons. The summed E-state index contributed by atoms with van der Waals surface area (Å²) >= 11 is 0. The molecule has 0 bridgehead atoms. The zero-order valence-electron chi connectivity index (χ0n) is 16.0. The summed E-state index contributed by atoms with van der Waals surface area (Å²) in [5, 5.41) is 2.86. The lowest BCUT2D eigenvalue weighted by molar-refractivity contribution is -0.126. The van der Waals surface area contributed by atoms with E-state index in [1.807, 2.05) is 23.1 Å². The smallest absolute Gasteiger partial charge is 0.230 e. The zero-order chi connectivity index (χ0) is 19.7. The van der Waals surface area contributed by atoms with Crippen LogP contribution >= 0.6 is 0 Å². The van der Waals surface area contributed by atoms with Gasteiger partial charge < -0.3 is 10.2 Å². The number of carbonyl (C=O) groups excluding carboxylic acids is 2. The van der Waals surface area contributed by atoms with Crippen LogP contribution in [0.2, 0.25) is 0 Å². The zero-order valence-corrected chi connectivity index (χ0v) is 16.0. The number of nitrogens with one attached hydrogen (secondary N) is 1. The van der Waals surface area contributed by atoms with Crippen LogP contribution in [0.15, 0.2) is 48.5 Å². The molecule has 1 atom stereocenters. The maximum absolute atomic E-state index is 13.2. The van der Waals surface area contributed by atoms with E-state index in [4.69, 9.17) is 0 Å². The van der Waals surface area contributed by atoms with Crippen LogP contribution in [0.5, 0.6) is 0 Å². The lowest BCUT2D eigenvalue weighted by Crippen LogP contribution is -2.42. The highest BCUT2D eigenvalue weighted by Crippen LogP contribution is 2.37. The highest BCUT2D eigenvalue weighted by Gasteiger charge is 2.37. The fraction of sp³-hybridized carbons (Fsp3) is 0.391. The van der Waals surface area contributed by atoms with E-state index >= 15 is 0 Å². The standard InChI is InChI=1S/C23H25FN2O2/c1-15-14-18-4-2-3-5-21(18)26(15)23(28)17-8-6-16(7-9-17)22(27)25-20-12-10-19(24)11-13-20/h2-5,10-13,15-17H,6-9,14H2,1H3,(H,25,27). The molecule has 1 unspecified atom stereocenters. The Labute approximate surface area is 164 Å². The molecule has 0 spiro atoms. The molecule has 28 heavy (non-hydrogen) atoms. The van der Waals surface area contributed by atoms with Crippen molar-refractivity contribution in [2.75, 3.05) is 10.2 Å². The molecular weight excluding hydrogens is 355 g/mol. The van der Waals surface area contributed by atoms with Gasteiger partial charge in [0.05, 0.1) is 0 Å². The van der Waals surface area contributed by atoms with Crippen LogP contribution in [0, 0.1) is 17.7 Å². The number of hydrogen-bond donors (Lipinski definition) is 1. The molecule has 1 N–H and O–H groups in total. The molecule has 2 aliphatic rings. The summed E-state index contributed by atoms with van der Waals surface area (Å²) < 4.78 is 13.0. The Kier molecular flexibility index (Phi) is 5.16. The Morgan fingerprint density at radius 2 is 1.61 bits per heavy atom. The monoisotopic (exact) mass is 380 g/mol. The van der Waals surface area contributed by atoms with Crippen molar-refractivity contribution in [3.8, 4) is 0 Å². The molecule has 1 saturated carbocycles. The van der Waals surface area contributed by atoms with Crippen LogP contribution < -0.4 is 10.2 Å². The van der Waals surface area contributed by atoms with E-state index in [1.165, 1.54) is 17.7 Å². The number of fused-ring (bicyclic) bond motifs is 1. The van der Waals surface area contributed by atoms with E-state index in [1.54, 1.807) is 12.1 Å². The Balaban J connectivity index is 1.35. The predicted octanol–water partition coefficient (Wildman–Crippen LogP) is 4.55. The largest absolute Gasteiger partial charge is 0.326 e. The second-order valence-electron chi connectivity index (χ2n) is 7.93. The van der Waals surface area contributed by atoms with Crippen molar-refractivity contribution in [1.82, 2.24) is 0 Å². The van der Waals surface area contributed by atoms with E-state index < -0.39 is 0 Å². The summed E-state index contributed by atoms with van der Waals surface area (Å²) in [5.74, 6) is -0.303. The maximum Gasteiger partial charge on any atom is 0.230 e. The molecule has 1 aliphatic heterocycles. The van der Waals surface area contributed by atoms with E-state index in [0.29, 0.717) is 18.5 Å². The van der Waals surface area contributed by atoms with Crippen molar-refractivity contribution in [1.29, 1.82) is 0 Å². The van der Waals surface area contributed by atoms with Crippen LogP contribution in [0.3, 0.4) is 0 Å². The van der Waals surface area contributed by atoms with Gasteiger partial charge in [0.2, 0.25) is 11.8 Å². The van der Waals surface area contributed by atoms with Gasteiger partial charge in [-0.25, -0.2) is 4.39 Å². The molecule has 4 nitrogen and oxygen atoms in total. The first-order chi connectivity index (χ1) is 13.5. The first-order valence-corrected chi connectivity index (χ1v) is 10.0. The van der Waals surface area contributed by atoms with Crippen molar-refractivity contribution in [3.63, 3.8) is 0 Å². The van der Waals surface area contributed by atoms with E-state index in [-0.39, 0.29) is 35.5 Å². The Bertz CT molecular complexity index is 872. The fourth-order valence-electron chi connectivity index (χ4n) is 4.48. The van der Waals surface area contributed by atoms with E-state index in [2.05, 4.69) is 18.3 Å². The minimum absolute atomic E-state index is 0.0246. The molecule has 1 heterocycles. The van der Waals surface area contributed by atoms with Crippen molar-refractivity contribution in [2.24, 2.45) is 11.8 Å². The third kappa shape index (κ3) is 3.66. The summed E-state index contributed by atoms with van der Waals surface area (Å²) in [6.45, 7) is 2.10. The number of carbonyl (C=O) groups is 2. The van der Waals surface area contributed by atoms with Gasteiger partial charge in [0.15, 0.2) is 0 Å². The molecule has 2 aromatic rings. The lowest BCUT2D eigenvalue weighted by Gasteiger charge is -2.32. The van der Waals surface area contributed by atoms with Gasteiger partial charge in [0, 0.05) is 29.3 Å². The van der Waals surface area contributed by atoms with Gasteiger partial charge in [-0.2, -0.15) is 0 Å². The molecular formula is C23H25FN2O2. The van der Waals surface area contributed by atoms with Gasteiger partial charge in [-0.3, -0.25) is 9.59 Å². The molecule has 5 heteroatoms. The van der Waals surface area contributed by atoms with Crippen molar-refractivity contribution in [3.05, 3.63) is 59.9 Å². The first kappa shape index (κ1) is 18.7. The summed E-state index contributed by atoms with van der Waals surface area (Å²) in [6, 6.07) is 14.1. The fourth-order valence-corrected chi connectivity index (χ4v) is 4.48. The van der Waals surface area contributed by atoms with Crippen LogP contribution in [0.1, 0.15) is 38.2 Å². The van der Waals surface area contributed by atoms with E-state index in [0.717, 1.165) is 24.9 Å². The number of amides is 2. The summed E-state index contributed by atoms with van der Waals surface area (Å²) in [6.07, 6.45) is 3.76. The average Bonchev–Trinajstić information content (AvgIpc) is 3.05. The molecule has 2 aromatic carbocycles.